The molecule has 2 aromatic heterocycles. The molecule has 3 aromatic rings. The van der Waals surface area contributed by atoms with Crippen molar-refractivity contribution in [3.63, 3.8) is 0 Å². The number of benzene rings is 1. The lowest BCUT2D eigenvalue weighted by molar-refractivity contribution is -0.122. The van der Waals surface area contributed by atoms with Crippen LogP contribution in [-0.2, 0) is 16.1 Å². The maximum Gasteiger partial charge on any atom is 0.267 e. The third-order valence-electron chi connectivity index (χ3n) is 6.69. The fourth-order valence-corrected chi connectivity index (χ4v) is 6.00. The smallest absolute Gasteiger partial charge is 0.267 e. The Labute approximate surface area is 231 Å². The highest BCUT2D eigenvalue weighted by molar-refractivity contribution is 8.26. The number of thioether (sulfide) groups is 1. The van der Waals surface area contributed by atoms with E-state index >= 15 is 0 Å². The first-order valence-electron chi connectivity index (χ1n) is 12.9. The van der Waals surface area contributed by atoms with E-state index in [0.717, 1.165) is 32.7 Å². The van der Waals surface area contributed by atoms with Crippen LogP contribution in [0.15, 0.2) is 64.4 Å². The minimum atomic E-state index is -0.195. The quantitative estimate of drug-likeness (QED) is 0.228. The van der Waals surface area contributed by atoms with E-state index in [4.69, 9.17) is 21.9 Å². The molecule has 0 atom stereocenters. The van der Waals surface area contributed by atoms with Gasteiger partial charge in [-0.2, -0.15) is 0 Å². The number of aromatic nitrogens is 2. The Kier molecular flexibility index (Phi) is 8.53. The van der Waals surface area contributed by atoms with Gasteiger partial charge in [-0.1, -0.05) is 60.4 Å². The summed E-state index contributed by atoms with van der Waals surface area (Å²) in [5.74, 6) is 0.440. The highest BCUT2D eigenvalue weighted by Gasteiger charge is 2.33. The van der Waals surface area contributed by atoms with E-state index in [2.05, 4.69) is 34.1 Å². The van der Waals surface area contributed by atoms with Crippen molar-refractivity contribution < 1.29 is 9.53 Å². The second kappa shape index (κ2) is 12.2. The van der Waals surface area contributed by atoms with Crippen LogP contribution >= 0.6 is 24.0 Å². The van der Waals surface area contributed by atoms with E-state index in [1.807, 2.05) is 25.1 Å². The summed E-state index contributed by atoms with van der Waals surface area (Å²) >= 11 is 6.73. The molecule has 0 spiro atoms. The Morgan fingerprint density at radius 3 is 2.58 bits per heavy atom. The molecule has 1 amide bonds. The molecule has 2 fully saturated rings. The molecule has 0 radical (unpaired) electrons. The summed E-state index contributed by atoms with van der Waals surface area (Å²) in [6, 6.07) is 15.9. The number of thiocarbonyl (C=S) groups is 1. The Morgan fingerprint density at radius 1 is 1.05 bits per heavy atom. The topological polar surface area (TPSA) is 70.4 Å². The highest BCUT2D eigenvalue weighted by Crippen LogP contribution is 2.33. The summed E-state index contributed by atoms with van der Waals surface area (Å²) in [5.41, 5.74) is 2.09. The van der Waals surface area contributed by atoms with Crippen LogP contribution in [0.1, 0.15) is 24.5 Å². The number of hydrogen-bond donors (Lipinski definition) is 0. The van der Waals surface area contributed by atoms with Gasteiger partial charge in [-0.3, -0.25) is 23.8 Å². The van der Waals surface area contributed by atoms with Gasteiger partial charge in [0.25, 0.3) is 11.5 Å². The molecule has 8 nitrogen and oxygen atoms in total. The lowest BCUT2D eigenvalue weighted by Crippen LogP contribution is -2.47. The van der Waals surface area contributed by atoms with Gasteiger partial charge in [0.2, 0.25) is 0 Å². The number of pyridine rings is 1. The van der Waals surface area contributed by atoms with Gasteiger partial charge < -0.3 is 9.64 Å². The number of amides is 1. The summed E-state index contributed by atoms with van der Waals surface area (Å²) in [7, 11) is 0. The van der Waals surface area contributed by atoms with Crippen LogP contribution in [-0.4, -0.2) is 75.3 Å². The maximum absolute atomic E-state index is 13.7. The van der Waals surface area contributed by atoms with Crippen molar-refractivity contribution in [2.24, 2.45) is 0 Å². The second-order valence-electron chi connectivity index (χ2n) is 9.22. The molecular formula is C28H31N5O3S2. The number of anilines is 1. The minimum absolute atomic E-state index is 0.173. The molecule has 2 aliphatic rings. The molecule has 0 bridgehead atoms. The van der Waals surface area contributed by atoms with Gasteiger partial charge in [0.05, 0.1) is 10.5 Å². The number of hydrogen-bond acceptors (Lipinski definition) is 8. The third-order valence-corrected chi connectivity index (χ3v) is 8.07. The van der Waals surface area contributed by atoms with Crippen LogP contribution in [0.3, 0.4) is 0 Å². The molecule has 5 rings (SSSR count). The monoisotopic (exact) mass is 549 g/mol. The van der Waals surface area contributed by atoms with Gasteiger partial charge in [0, 0.05) is 58.7 Å². The van der Waals surface area contributed by atoms with Gasteiger partial charge >= 0.3 is 0 Å². The van der Waals surface area contributed by atoms with Crippen LogP contribution < -0.4 is 10.5 Å². The predicted molar refractivity (Wildman–Crippen MR) is 156 cm³/mol. The first kappa shape index (κ1) is 26.6. The second-order valence-corrected chi connectivity index (χ2v) is 10.9. The summed E-state index contributed by atoms with van der Waals surface area (Å²) in [4.78, 5) is 38.4. The molecule has 1 aromatic carbocycles. The minimum Gasteiger partial charge on any atom is -0.382 e. The van der Waals surface area contributed by atoms with Crippen molar-refractivity contribution in [2.75, 3.05) is 50.8 Å². The van der Waals surface area contributed by atoms with E-state index in [1.54, 1.807) is 23.2 Å². The van der Waals surface area contributed by atoms with E-state index in [1.165, 1.54) is 21.7 Å². The van der Waals surface area contributed by atoms with Crippen LogP contribution in [0.25, 0.3) is 11.7 Å². The van der Waals surface area contributed by atoms with Crippen molar-refractivity contribution in [3.8, 4) is 0 Å². The number of piperazine rings is 1. The molecule has 0 saturated carbocycles. The SMILES string of the molecule is CCOCCCN1C(=O)C(=Cc2c(N3CCN(Cc4ccccc4)CC3)nc3ccccn3c2=O)SC1=S. The van der Waals surface area contributed by atoms with Gasteiger partial charge in [-0.05, 0) is 37.1 Å². The molecule has 38 heavy (non-hydrogen) atoms. The summed E-state index contributed by atoms with van der Waals surface area (Å²) < 4.78 is 7.44. The molecule has 0 aliphatic carbocycles. The average molecular weight is 550 g/mol. The predicted octanol–water partition coefficient (Wildman–Crippen LogP) is 3.64. The van der Waals surface area contributed by atoms with Crippen molar-refractivity contribution in [1.82, 2.24) is 19.2 Å². The highest BCUT2D eigenvalue weighted by atomic mass is 32.2. The Hall–Kier alpha value is -3.05. The number of nitrogens with zero attached hydrogens (tertiary/aromatic N) is 5. The van der Waals surface area contributed by atoms with E-state index in [9.17, 15) is 9.59 Å². The Morgan fingerprint density at radius 2 is 1.82 bits per heavy atom. The number of carbonyl (C=O) groups excluding carboxylic acids is 1. The number of carbonyl (C=O) groups is 1. The molecule has 10 heteroatoms. The number of rotatable bonds is 9. The molecule has 2 aliphatic heterocycles. The van der Waals surface area contributed by atoms with E-state index in [0.29, 0.717) is 52.4 Å². The maximum atomic E-state index is 13.7. The normalized spacial score (nSPS) is 17.8. The van der Waals surface area contributed by atoms with Crippen molar-refractivity contribution >= 4 is 51.7 Å². The number of fused-ring (bicyclic) bond motifs is 1. The summed E-state index contributed by atoms with van der Waals surface area (Å²) in [6.07, 6.45) is 4.09. The fourth-order valence-electron chi connectivity index (χ4n) is 4.71. The summed E-state index contributed by atoms with van der Waals surface area (Å²) in [5, 5.41) is 0. The van der Waals surface area contributed by atoms with Crippen molar-refractivity contribution in [3.05, 3.63) is 81.1 Å². The Bertz CT molecular complexity index is 1400. The zero-order valence-corrected chi connectivity index (χ0v) is 23.0. The molecular weight excluding hydrogens is 518 g/mol. The molecule has 0 N–H and O–H groups in total. The van der Waals surface area contributed by atoms with Gasteiger partial charge in [0.15, 0.2) is 0 Å². The molecule has 2 saturated heterocycles. The molecule has 4 heterocycles. The van der Waals surface area contributed by atoms with Crippen LogP contribution in [0, 0.1) is 0 Å². The third kappa shape index (κ3) is 5.83. The van der Waals surface area contributed by atoms with Crippen molar-refractivity contribution in [1.29, 1.82) is 0 Å². The van der Waals surface area contributed by atoms with Crippen molar-refractivity contribution in [2.45, 2.75) is 19.9 Å². The van der Waals surface area contributed by atoms with E-state index < -0.39 is 0 Å². The largest absolute Gasteiger partial charge is 0.382 e. The first-order chi connectivity index (χ1) is 18.5. The van der Waals surface area contributed by atoms with Gasteiger partial charge in [-0.15, -0.1) is 0 Å². The van der Waals surface area contributed by atoms with Crippen LogP contribution in [0.4, 0.5) is 5.82 Å². The standard InChI is InChI=1S/C28H31N5O3S2/c1-2-36-18-8-13-33-27(35)23(38-28(33)37)19-22-25(29-24-11-6-7-12-32(24)26(22)34)31-16-14-30(15-17-31)20-21-9-4-3-5-10-21/h3-7,9-12,19H,2,8,13-18,20H2,1H3. The van der Waals surface area contributed by atoms with Crippen LogP contribution in [0.2, 0.25) is 0 Å². The average Bonchev–Trinajstić information content (AvgIpc) is 3.21. The van der Waals surface area contributed by atoms with Gasteiger partial charge in [0.1, 0.15) is 15.8 Å². The lowest BCUT2D eigenvalue weighted by Gasteiger charge is -2.36. The number of ether oxygens (including phenoxy) is 1. The molecule has 198 valence electrons. The van der Waals surface area contributed by atoms with Crippen LogP contribution in [0.5, 0.6) is 0 Å². The molecule has 0 unspecified atom stereocenters. The zero-order valence-electron chi connectivity index (χ0n) is 21.4. The zero-order chi connectivity index (χ0) is 26.5. The van der Waals surface area contributed by atoms with Gasteiger partial charge in [-0.25, -0.2) is 4.98 Å². The van der Waals surface area contributed by atoms with E-state index in [-0.39, 0.29) is 11.5 Å². The Balaban J connectivity index is 1.41. The lowest BCUT2D eigenvalue weighted by atomic mass is 10.2. The first-order valence-corrected chi connectivity index (χ1v) is 14.1. The fraction of sp³-hybridized carbons (Fsp3) is 0.357. The summed E-state index contributed by atoms with van der Waals surface area (Å²) in [6.45, 7) is 7.72.